The van der Waals surface area contributed by atoms with Crippen LogP contribution in [0.4, 0.5) is 27.8 Å². The number of aromatic nitrogens is 2. The van der Waals surface area contributed by atoms with Crippen LogP contribution in [-0.4, -0.2) is 15.3 Å². The number of nitrogens with zero attached hydrogens (tertiary/aromatic N) is 2. The number of rotatable bonds is 4. The van der Waals surface area contributed by atoms with Crippen LogP contribution in [0.5, 0.6) is 0 Å². The second-order valence-corrected chi connectivity index (χ2v) is 6.77. The van der Waals surface area contributed by atoms with E-state index in [9.17, 15) is 26.7 Å². The molecule has 1 aliphatic rings. The van der Waals surface area contributed by atoms with Crippen LogP contribution in [-0.2, 0) is 17.4 Å². The fourth-order valence-electron chi connectivity index (χ4n) is 3.14. The summed E-state index contributed by atoms with van der Waals surface area (Å²) < 4.78 is 67.0. The molecule has 1 aromatic carbocycles. The number of imidazole rings is 1. The predicted octanol–water partition coefficient (Wildman–Crippen LogP) is 4.69. The van der Waals surface area contributed by atoms with E-state index in [2.05, 4.69) is 10.3 Å². The van der Waals surface area contributed by atoms with Crippen LogP contribution in [0.15, 0.2) is 36.5 Å². The monoisotopic (exact) mass is 395 g/mol. The molecule has 1 amide bonds. The number of halogens is 5. The molecular formula is C19H14F5N3O. The Hall–Kier alpha value is -2.97. The van der Waals surface area contributed by atoms with Gasteiger partial charge in [-0.05, 0) is 42.7 Å². The van der Waals surface area contributed by atoms with Crippen molar-refractivity contribution in [2.24, 2.45) is 0 Å². The number of carbonyl (C=O) groups excluding carboxylic acids is 1. The maximum absolute atomic E-state index is 13.3. The standard InChI is InChI=1S/C19H14F5N3O/c20-13-5-10(6-14(21)8-13)7-16(28)26-18-17(11-1-2-11)27-9-12(19(22,23)24)3-4-15(27)25-18/h3-6,8-9,11H,1-2,7H2,(H,26,28). The van der Waals surface area contributed by atoms with Gasteiger partial charge in [-0.3, -0.25) is 4.79 Å². The van der Waals surface area contributed by atoms with Crippen molar-refractivity contribution in [3.8, 4) is 0 Å². The van der Waals surface area contributed by atoms with Crippen LogP contribution in [0.1, 0.15) is 35.6 Å². The van der Waals surface area contributed by atoms with Gasteiger partial charge in [-0.15, -0.1) is 0 Å². The van der Waals surface area contributed by atoms with Crippen LogP contribution in [0.3, 0.4) is 0 Å². The maximum Gasteiger partial charge on any atom is 0.417 e. The first-order chi connectivity index (χ1) is 13.2. The van der Waals surface area contributed by atoms with Gasteiger partial charge in [0.2, 0.25) is 5.91 Å². The summed E-state index contributed by atoms with van der Waals surface area (Å²) in [4.78, 5) is 16.5. The molecule has 0 spiro atoms. The second kappa shape index (κ2) is 6.57. The molecule has 2 heterocycles. The van der Waals surface area contributed by atoms with Gasteiger partial charge >= 0.3 is 6.18 Å². The van der Waals surface area contributed by atoms with Gasteiger partial charge in [-0.25, -0.2) is 13.8 Å². The number of alkyl halides is 3. The van der Waals surface area contributed by atoms with Crippen molar-refractivity contribution in [3.05, 3.63) is 65.0 Å². The summed E-state index contributed by atoms with van der Waals surface area (Å²) in [6.45, 7) is 0. The number of nitrogens with one attached hydrogen (secondary N) is 1. The zero-order valence-corrected chi connectivity index (χ0v) is 14.4. The molecule has 0 unspecified atom stereocenters. The molecule has 1 N–H and O–H groups in total. The smallest absolute Gasteiger partial charge is 0.309 e. The van der Waals surface area contributed by atoms with Crippen molar-refractivity contribution in [1.82, 2.24) is 9.38 Å². The highest BCUT2D eigenvalue weighted by atomic mass is 19.4. The maximum atomic E-state index is 13.3. The first-order valence-corrected chi connectivity index (χ1v) is 8.55. The number of pyridine rings is 1. The Kier molecular flexibility index (Phi) is 4.32. The molecule has 28 heavy (non-hydrogen) atoms. The van der Waals surface area contributed by atoms with Gasteiger partial charge in [0.05, 0.1) is 17.7 Å². The van der Waals surface area contributed by atoms with E-state index in [1.54, 1.807) is 0 Å². The zero-order valence-electron chi connectivity index (χ0n) is 14.4. The Morgan fingerprint density at radius 3 is 2.43 bits per heavy atom. The van der Waals surface area contributed by atoms with Gasteiger partial charge in [-0.2, -0.15) is 13.2 Å². The van der Waals surface area contributed by atoms with Crippen LogP contribution in [0.25, 0.3) is 5.65 Å². The fourth-order valence-corrected chi connectivity index (χ4v) is 3.14. The third-order valence-corrected chi connectivity index (χ3v) is 4.49. The third kappa shape index (κ3) is 3.69. The van der Waals surface area contributed by atoms with E-state index in [1.165, 1.54) is 10.5 Å². The van der Waals surface area contributed by atoms with E-state index in [1.807, 2.05) is 0 Å². The molecule has 1 saturated carbocycles. The summed E-state index contributed by atoms with van der Waals surface area (Å²) in [6, 6.07) is 4.97. The minimum Gasteiger partial charge on any atom is -0.309 e. The molecule has 0 saturated heterocycles. The van der Waals surface area contributed by atoms with E-state index in [4.69, 9.17) is 0 Å². The average Bonchev–Trinajstić information content (AvgIpc) is 3.33. The number of benzene rings is 1. The highest BCUT2D eigenvalue weighted by Crippen LogP contribution is 2.44. The number of carbonyl (C=O) groups is 1. The zero-order chi connectivity index (χ0) is 20.1. The van der Waals surface area contributed by atoms with Crippen LogP contribution in [0.2, 0.25) is 0 Å². The van der Waals surface area contributed by atoms with Crippen molar-refractivity contribution in [1.29, 1.82) is 0 Å². The number of hydrogen-bond donors (Lipinski definition) is 1. The highest BCUT2D eigenvalue weighted by molar-refractivity contribution is 5.92. The highest BCUT2D eigenvalue weighted by Gasteiger charge is 2.34. The lowest BCUT2D eigenvalue weighted by Crippen LogP contribution is -2.16. The van der Waals surface area contributed by atoms with Gasteiger partial charge in [0, 0.05) is 18.2 Å². The van der Waals surface area contributed by atoms with Gasteiger partial charge < -0.3 is 9.72 Å². The average molecular weight is 395 g/mol. The fraction of sp³-hybridized carbons (Fsp3) is 0.263. The first-order valence-electron chi connectivity index (χ1n) is 8.55. The molecular weight excluding hydrogens is 381 g/mol. The molecule has 0 atom stereocenters. The van der Waals surface area contributed by atoms with E-state index in [0.29, 0.717) is 11.8 Å². The normalized spacial score (nSPS) is 14.5. The predicted molar refractivity (Wildman–Crippen MR) is 90.9 cm³/mol. The minimum absolute atomic E-state index is 0.000368. The van der Waals surface area contributed by atoms with Crippen LogP contribution in [0, 0.1) is 11.6 Å². The van der Waals surface area contributed by atoms with Gasteiger partial charge in [0.25, 0.3) is 0 Å². The number of fused-ring (bicyclic) bond motifs is 1. The molecule has 9 heteroatoms. The SMILES string of the molecule is O=C(Cc1cc(F)cc(F)c1)Nc1nc2ccc(C(F)(F)F)cn2c1C1CC1. The summed E-state index contributed by atoms with van der Waals surface area (Å²) in [5, 5.41) is 2.57. The lowest BCUT2D eigenvalue weighted by molar-refractivity contribution is -0.137. The molecule has 0 bridgehead atoms. The quantitative estimate of drug-likeness (QED) is 0.652. The van der Waals surface area contributed by atoms with Crippen molar-refractivity contribution in [2.75, 3.05) is 5.32 Å². The lowest BCUT2D eigenvalue weighted by atomic mass is 10.1. The summed E-state index contributed by atoms with van der Waals surface area (Å²) in [6.07, 6.45) is -2.26. The Balaban J connectivity index is 1.64. The Morgan fingerprint density at radius 1 is 1.14 bits per heavy atom. The number of hydrogen-bond acceptors (Lipinski definition) is 2. The van der Waals surface area contributed by atoms with Crippen molar-refractivity contribution in [2.45, 2.75) is 31.4 Å². The van der Waals surface area contributed by atoms with E-state index in [-0.39, 0.29) is 29.4 Å². The summed E-state index contributed by atoms with van der Waals surface area (Å²) in [7, 11) is 0. The molecule has 4 rings (SSSR count). The van der Waals surface area contributed by atoms with Crippen LogP contribution >= 0.6 is 0 Å². The molecule has 4 nitrogen and oxygen atoms in total. The first kappa shape index (κ1) is 18.4. The minimum atomic E-state index is -4.50. The Morgan fingerprint density at radius 2 is 1.82 bits per heavy atom. The molecule has 0 aliphatic heterocycles. The molecule has 146 valence electrons. The van der Waals surface area contributed by atoms with Crippen LogP contribution < -0.4 is 5.32 Å². The molecule has 2 aromatic heterocycles. The summed E-state index contributed by atoms with van der Waals surface area (Å²) in [5.41, 5.74) is 0.111. The molecule has 3 aromatic rings. The van der Waals surface area contributed by atoms with Gasteiger partial charge in [0.15, 0.2) is 5.82 Å². The van der Waals surface area contributed by atoms with E-state index >= 15 is 0 Å². The molecule has 1 fully saturated rings. The van der Waals surface area contributed by atoms with Gasteiger partial charge in [0.1, 0.15) is 17.3 Å². The van der Waals surface area contributed by atoms with E-state index in [0.717, 1.165) is 37.2 Å². The number of amides is 1. The van der Waals surface area contributed by atoms with Crippen molar-refractivity contribution >= 4 is 17.4 Å². The van der Waals surface area contributed by atoms with Crippen molar-refractivity contribution in [3.63, 3.8) is 0 Å². The Labute approximate surface area is 156 Å². The summed E-state index contributed by atoms with van der Waals surface area (Å²) >= 11 is 0. The number of anilines is 1. The topological polar surface area (TPSA) is 46.4 Å². The van der Waals surface area contributed by atoms with Crippen molar-refractivity contribution < 1.29 is 26.7 Å². The second-order valence-electron chi connectivity index (χ2n) is 6.77. The lowest BCUT2D eigenvalue weighted by Gasteiger charge is -2.09. The summed E-state index contributed by atoms with van der Waals surface area (Å²) in [5.74, 6) is -1.99. The molecule has 1 aliphatic carbocycles. The largest absolute Gasteiger partial charge is 0.417 e. The van der Waals surface area contributed by atoms with E-state index < -0.39 is 29.3 Å². The van der Waals surface area contributed by atoms with Gasteiger partial charge in [-0.1, -0.05) is 0 Å². The third-order valence-electron chi connectivity index (χ3n) is 4.49. The molecule has 0 radical (unpaired) electrons. The Bertz CT molecular complexity index is 1050.